The summed E-state index contributed by atoms with van der Waals surface area (Å²) in [5.41, 5.74) is 0.296. The van der Waals surface area contributed by atoms with Gasteiger partial charge in [-0.15, -0.1) is 0 Å². The molecule has 0 heterocycles. The number of carbonyl (C=O) groups excluding carboxylic acids is 1. The van der Waals surface area contributed by atoms with Crippen LogP contribution in [-0.4, -0.2) is 18.5 Å². The number of hydrogen-bond acceptors (Lipinski definition) is 2. The van der Waals surface area contributed by atoms with Gasteiger partial charge < -0.3 is 4.74 Å². The molecule has 0 radical (unpaired) electrons. The quantitative estimate of drug-likeness (QED) is 0.762. The highest BCUT2D eigenvalue weighted by Crippen LogP contribution is 2.34. The van der Waals surface area contributed by atoms with Crippen molar-refractivity contribution < 1.29 is 18.3 Å². The van der Waals surface area contributed by atoms with E-state index in [1.54, 1.807) is 0 Å². The van der Waals surface area contributed by atoms with Gasteiger partial charge in [0.25, 0.3) is 0 Å². The van der Waals surface area contributed by atoms with E-state index in [0.29, 0.717) is 18.6 Å². The van der Waals surface area contributed by atoms with Crippen molar-refractivity contribution in [3.63, 3.8) is 0 Å². The van der Waals surface area contributed by atoms with Crippen LogP contribution in [0.4, 0.5) is 8.78 Å². The molecule has 19 heavy (non-hydrogen) atoms. The van der Waals surface area contributed by atoms with Crippen LogP contribution in [-0.2, 0) is 4.74 Å². The lowest BCUT2D eigenvalue weighted by molar-refractivity contribution is -0.0246. The Bertz CT molecular complexity index is 479. The fraction of sp³-hybridized carbons (Fsp3) is 0.533. The maximum Gasteiger partial charge on any atom is 0.166 e. The minimum Gasteiger partial charge on any atom is -0.378 e. The fourth-order valence-electron chi connectivity index (χ4n) is 2.46. The Morgan fingerprint density at radius 3 is 2.63 bits per heavy atom. The molecule has 0 atom stereocenters. The Balaban J connectivity index is 1.96. The predicted molar refractivity (Wildman–Crippen MR) is 68.2 cm³/mol. The van der Waals surface area contributed by atoms with Gasteiger partial charge in [0.15, 0.2) is 5.78 Å². The van der Waals surface area contributed by atoms with Crippen molar-refractivity contribution in [1.29, 1.82) is 0 Å². The van der Waals surface area contributed by atoms with Crippen LogP contribution in [0.3, 0.4) is 0 Å². The van der Waals surface area contributed by atoms with Crippen molar-refractivity contribution in [3.8, 4) is 0 Å². The molecule has 2 rings (SSSR count). The second-order valence-corrected chi connectivity index (χ2v) is 5.12. The zero-order chi connectivity index (χ0) is 14.0. The summed E-state index contributed by atoms with van der Waals surface area (Å²) < 4.78 is 32.1. The minimum absolute atomic E-state index is 0.00115. The monoisotopic (exact) mass is 268 g/mol. The van der Waals surface area contributed by atoms with Gasteiger partial charge in [-0.25, -0.2) is 8.78 Å². The van der Waals surface area contributed by atoms with Gasteiger partial charge in [0, 0.05) is 19.1 Å². The number of benzene rings is 1. The molecule has 4 heteroatoms. The van der Waals surface area contributed by atoms with E-state index in [9.17, 15) is 13.6 Å². The van der Waals surface area contributed by atoms with Crippen molar-refractivity contribution in [2.75, 3.05) is 6.61 Å². The van der Waals surface area contributed by atoms with Gasteiger partial charge in [0.2, 0.25) is 0 Å². The SMILES string of the molecule is CCOC1CC(CC(=O)c2cc(C)c(F)cc2F)C1. The van der Waals surface area contributed by atoms with Gasteiger partial charge in [-0.3, -0.25) is 4.79 Å². The molecule has 0 spiro atoms. The van der Waals surface area contributed by atoms with Crippen molar-refractivity contribution in [2.45, 2.75) is 39.2 Å². The molecule has 0 unspecified atom stereocenters. The summed E-state index contributed by atoms with van der Waals surface area (Å²) in [4.78, 5) is 12.0. The van der Waals surface area contributed by atoms with E-state index in [2.05, 4.69) is 0 Å². The van der Waals surface area contributed by atoms with Crippen LogP contribution < -0.4 is 0 Å². The standard InChI is InChI=1S/C15H18F2O2/c1-3-19-11-5-10(6-11)7-15(18)12-4-9(2)13(16)8-14(12)17/h4,8,10-11H,3,5-7H2,1-2H3. The summed E-state index contributed by atoms with van der Waals surface area (Å²) in [7, 11) is 0. The molecule has 1 aliphatic carbocycles. The first-order chi connectivity index (χ1) is 9.01. The maximum atomic E-state index is 13.6. The Labute approximate surface area is 111 Å². The number of aryl methyl sites for hydroxylation is 1. The third-order valence-corrected chi connectivity index (χ3v) is 3.62. The second kappa shape index (κ2) is 5.78. The first kappa shape index (κ1) is 14.1. The van der Waals surface area contributed by atoms with Crippen LogP contribution in [0.2, 0.25) is 0 Å². The van der Waals surface area contributed by atoms with E-state index < -0.39 is 11.6 Å². The zero-order valence-corrected chi connectivity index (χ0v) is 11.2. The lowest BCUT2D eigenvalue weighted by Gasteiger charge is -2.34. The molecule has 104 valence electrons. The highest BCUT2D eigenvalue weighted by Gasteiger charge is 2.31. The van der Waals surface area contributed by atoms with Gasteiger partial charge in [0.1, 0.15) is 11.6 Å². The molecule has 2 nitrogen and oxygen atoms in total. The number of Topliss-reactive ketones (excluding diaryl/α,β-unsaturated/α-hetero) is 1. The van der Waals surface area contributed by atoms with E-state index in [1.807, 2.05) is 6.92 Å². The maximum absolute atomic E-state index is 13.6. The number of ketones is 1. The third-order valence-electron chi connectivity index (χ3n) is 3.62. The van der Waals surface area contributed by atoms with Crippen LogP contribution in [0.1, 0.15) is 42.1 Å². The van der Waals surface area contributed by atoms with Crippen LogP contribution in [0.15, 0.2) is 12.1 Å². The van der Waals surface area contributed by atoms with E-state index >= 15 is 0 Å². The molecule has 1 saturated carbocycles. The summed E-state index contributed by atoms with van der Waals surface area (Å²) in [6.07, 6.45) is 2.25. The van der Waals surface area contributed by atoms with Gasteiger partial charge >= 0.3 is 0 Å². The Morgan fingerprint density at radius 2 is 2.00 bits per heavy atom. The molecule has 1 aromatic rings. The topological polar surface area (TPSA) is 26.3 Å². The average molecular weight is 268 g/mol. The zero-order valence-electron chi connectivity index (χ0n) is 11.2. The summed E-state index contributed by atoms with van der Waals surface area (Å²) >= 11 is 0. The molecule has 1 fully saturated rings. The van der Waals surface area contributed by atoms with Crippen LogP contribution in [0, 0.1) is 24.5 Å². The molecule has 0 amide bonds. The van der Waals surface area contributed by atoms with Gasteiger partial charge in [-0.1, -0.05) is 0 Å². The summed E-state index contributed by atoms with van der Waals surface area (Å²) in [6, 6.07) is 2.08. The molecule has 0 saturated heterocycles. The summed E-state index contributed by atoms with van der Waals surface area (Å²) in [6.45, 7) is 4.15. The highest BCUT2D eigenvalue weighted by atomic mass is 19.1. The van der Waals surface area contributed by atoms with E-state index in [-0.39, 0.29) is 23.4 Å². The normalized spacial score (nSPS) is 22.1. The summed E-state index contributed by atoms with van der Waals surface area (Å²) in [5, 5.41) is 0. The smallest absolute Gasteiger partial charge is 0.166 e. The lowest BCUT2D eigenvalue weighted by atomic mass is 9.78. The van der Waals surface area contributed by atoms with E-state index in [4.69, 9.17) is 4.74 Å². The van der Waals surface area contributed by atoms with Crippen LogP contribution in [0.5, 0.6) is 0 Å². The molecule has 0 bridgehead atoms. The number of hydrogen-bond donors (Lipinski definition) is 0. The Hall–Kier alpha value is -1.29. The molecule has 0 N–H and O–H groups in total. The van der Waals surface area contributed by atoms with Crippen molar-refractivity contribution in [2.24, 2.45) is 5.92 Å². The predicted octanol–water partition coefficient (Wildman–Crippen LogP) is 3.66. The van der Waals surface area contributed by atoms with E-state index in [1.165, 1.54) is 13.0 Å². The average Bonchev–Trinajstić information content (AvgIpc) is 2.31. The number of carbonyl (C=O) groups is 1. The second-order valence-electron chi connectivity index (χ2n) is 5.12. The van der Waals surface area contributed by atoms with Crippen molar-refractivity contribution >= 4 is 5.78 Å². The van der Waals surface area contributed by atoms with Crippen LogP contribution >= 0.6 is 0 Å². The molecule has 0 aliphatic heterocycles. The number of rotatable bonds is 5. The molecule has 1 aliphatic rings. The fourth-order valence-corrected chi connectivity index (χ4v) is 2.46. The summed E-state index contributed by atoms with van der Waals surface area (Å²) in [5.74, 6) is -1.38. The largest absolute Gasteiger partial charge is 0.378 e. The van der Waals surface area contributed by atoms with E-state index in [0.717, 1.165) is 18.9 Å². The van der Waals surface area contributed by atoms with Gasteiger partial charge in [-0.2, -0.15) is 0 Å². The molecule has 1 aromatic carbocycles. The van der Waals surface area contributed by atoms with Gasteiger partial charge in [-0.05, 0) is 44.2 Å². The Kier molecular flexibility index (Phi) is 4.30. The number of halogens is 2. The minimum atomic E-state index is -0.770. The number of ether oxygens (including phenoxy) is 1. The van der Waals surface area contributed by atoms with Gasteiger partial charge in [0.05, 0.1) is 11.7 Å². The molecular formula is C15H18F2O2. The lowest BCUT2D eigenvalue weighted by Crippen LogP contribution is -2.32. The first-order valence-corrected chi connectivity index (χ1v) is 6.61. The molecule has 0 aromatic heterocycles. The van der Waals surface area contributed by atoms with Crippen molar-refractivity contribution in [3.05, 3.63) is 34.9 Å². The molecular weight excluding hydrogens is 250 g/mol. The Morgan fingerprint density at radius 1 is 1.32 bits per heavy atom. The van der Waals surface area contributed by atoms with Crippen LogP contribution in [0.25, 0.3) is 0 Å². The first-order valence-electron chi connectivity index (χ1n) is 6.61. The highest BCUT2D eigenvalue weighted by molar-refractivity contribution is 5.96. The third kappa shape index (κ3) is 3.18. The van der Waals surface area contributed by atoms with Crippen molar-refractivity contribution in [1.82, 2.24) is 0 Å².